The Morgan fingerprint density at radius 2 is 0.833 bits per heavy atom. The van der Waals surface area contributed by atoms with Crippen LogP contribution in [0.5, 0.6) is 0 Å². The van der Waals surface area contributed by atoms with E-state index in [2.05, 4.69) is 42.7 Å². The summed E-state index contributed by atoms with van der Waals surface area (Å²) in [5, 5.41) is 0. The quantitative estimate of drug-likeness (QED) is 0.0272. The maximum Gasteiger partial charge on any atom is 0.469 e. The molecule has 0 bridgehead atoms. The summed E-state index contributed by atoms with van der Waals surface area (Å²) in [6.07, 6.45) is 47.5. The number of carbonyl (C=O) groups is 2. The summed E-state index contributed by atoms with van der Waals surface area (Å²) in [6.45, 7) is 3.69. The molecule has 54 heavy (non-hydrogen) atoms. The van der Waals surface area contributed by atoms with Crippen LogP contribution in [-0.4, -0.2) is 41.0 Å². The van der Waals surface area contributed by atoms with Crippen molar-refractivity contribution in [3.05, 3.63) is 24.3 Å². The number of carbonyl (C=O) groups excluding carboxylic acids is 2. The molecule has 9 heteroatoms. The molecule has 1 atom stereocenters. The lowest BCUT2D eigenvalue weighted by atomic mass is 10.0. The number of rotatable bonds is 42. The minimum absolute atomic E-state index is 0.216. The second-order valence-corrected chi connectivity index (χ2v) is 16.6. The smallest absolute Gasteiger partial charge is 0.462 e. The highest BCUT2D eigenvalue weighted by Crippen LogP contribution is 2.36. The molecule has 0 unspecified atom stereocenters. The molecule has 0 aliphatic carbocycles. The van der Waals surface area contributed by atoms with Crippen LogP contribution >= 0.6 is 7.82 Å². The van der Waals surface area contributed by atoms with Gasteiger partial charge in [-0.05, 0) is 44.9 Å². The highest BCUT2D eigenvalue weighted by atomic mass is 31.2. The third kappa shape index (κ3) is 43.3. The van der Waals surface area contributed by atoms with Gasteiger partial charge in [0.15, 0.2) is 6.10 Å². The molecule has 0 aromatic heterocycles. The monoisotopic (exact) mass is 785 g/mol. The van der Waals surface area contributed by atoms with Gasteiger partial charge in [-0.25, -0.2) is 4.57 Å². The Kier molecular flexibility index (Phi) is 40.1. The molecule has 0 aromatic rings. The van der Waals surface area contributed by atoms with Gasteiger partial charge in [-0.2, -0.15) is 0 Å². The van der Waals surface area contributed by atoms with Crippen LogP contribution < -0.4 is 0 Å². The van der Waals surface area contributed by atoms with E-state index < -0.39 is 32.5 Å². The highest BCUT2D eigenvalue weighted by molar-refractivity contribution is 7.46. The van der Waals surface area contributed by atoms with Crippen LogP contribution in [0.2, 0.25) is 0 Å². The lowest BCUT2D eigenvalue weighted by Crippen LogP contribution is -2.29. The second kappa shape index (κ2) is 41.2. The van der Waals surface area contributed by atoms with E-state index in [1.807, 2.05) is 0 Å². The molecular weight excluding hydrogens is 699 g/mol. The van der Waals surface area contributed by atoms with Crippen molar-refractivity contribution in [3.63, 3.8) is 0 Å². The second-order valence-electron chi connectivity index (χ2n) is 15.4. The number of unbranched alkanes of at least 4 members (excludes halogenated alkanes) is 28. The van der Waals surface area contributed by atoms with Gasteiger partial charge < -0.3 is 19.3 Å². The van der Waals surface area contributed by atoms with E-state index in [0.717, 1.165) is 51.4 Å². The Labute approximate surface area is 332 Å². The molecule has 0 aliphatic rings. The summed E-state index contributed by atoms with van der Waals surface area (Å²) in [7, 11) is -4.75. The molecule has 0 radical (unpaired) electrons. The molecule has 2 N–H and O–H groups in total. The Bertz CT molecular complexity index is 931. The van der Waals surface area contributed by atoms with Crippen molar-refractivity contribution in [2.75, 3.05) is 13.2 Å². The molecule has 0 rings (SSSR count). The summed E-state index contributed by atoms with van der Waals surface area (Å²) in [6, 6.07) is 0. The third-order valence-electron chi connectivity index (χ3n) is 9.97. The van der Waals surface area contributed by atoms with Gasteiger partial charge in [0.2, 0.25) is 0 Å². The van der Waals surface area contributed by atoms with Gasteiger partial charge in [-0.15, -0.1) is 0 Å². The zero-order valence-corrected chi connectivity index (χ0v) is 36.0. The van der Waals surface area contributed by atoms with E-state index in [4.69, 9.17) is 19.3 Å². The number of allylic oxidation sites excluding steroid dienone is 4. The van der Waals surface area contributed by atoms with Crippen molar-refractivity contribution < 1.29 is 37.9 Å². The van der Waals surface area contributed by atoms with Crippen molar-refractivity contribution in [1.82, 2.24) is 0 Å². The van der Waals surface area contributed by atoms with Crippen LogP contribution in [0.1, 0.15) is 232 Å². The standard InChI is InChI=1S/C45H85O8P/c1-3-5-7-9-11-13-15-17-19-21-22-24-25-27-29-31-33-35-37-39-44(46)51-41-43(42-52-54(48,49)50)53-45(47)40-38-36-34-32-30-28-26-23-20-18-16-14-12-10-8-6-4-2/h11,13,17,19,43H,3-10,12,14-16,18,20-42H2,1-2H3,(H2,48,49,50)/b13-11-,19-17-/t43-/m1/s1. The molecule has 8 nitrogen and oxygen atoms in total. The predicted octanol–water partition coefficient (Wildman–Crippen LogP) is 14.0. The van der Waals surface area contributed by atoms with E-state index in [1.165, 1.54) is 148 Å². The van der Waals surface area contributed by atoms with Gasteiger partial charge in [-0.1, -0.05) is 199 Å². The van der Waals surface area contributed by atoms with Crippen LogP contribution in [0.3, 0.4) is 0 Å². The summed E-state index contributed by atoms with van der Waals surface area (Å²) >= 11 is 0. The number of ether oxygens (including phenoxy) is 2. The number of hydrogen-bond donors (Lipinski definition) is 2. The van der Waals surface area contributed by atoms with Crippen LogP contribution in [0.15, 0.2) is 24.3 Å². The van der Waals surface area contributed by atoms with Crippen molar-refractivity contribution in [3.8, 4) is 0 Å². The molecule has 0 spiro atoms. The number of phosphoric ester groups is 1. The Hall–Kier alpha value is -1.47. The predicted molar refractivity (Wildman–Crippen MR) is 225 cm³/mol. The fraction of sp³-hybridized carbons (Fsp3) is 0.867. The van der Waals surface area contributed by atoms with E-state index in [1.54, 1.807) is 0 Å². The molecule has 318 valence electrons. The maximum absolute atomic E-state index is 12.4. The lowest BCUT2D eigenvalue weighted by Gasteiger charge is -2.18. The molecular formula is C45H85O8P. The molecule has 0 aromatic carbocycles. The summed E-state index contributed by atoms with van der Waals surface area (Å²) in [5.41, 5.74) is 0. The first-order chi connectivity index (χ1) is 26.3. The fourth-order valence-electron chi connectivity index (χ4n) is 6.58. The van der Waals surface area contributed by atoms with E-state index in [9.17, 15) is 14.2 Å². The summed E-state index contributed by atoms with van der Waals surface area (Å²) in [5.74, 6) is -0.878. The Morgan fingerprint density at radius 3 is 1.26 bits per heavy atom. The summed E-state index contributed by atoms with van der Waals surface area (Å²) < 4.78 is 26.5. The summed E-state index contributed by atoms with van der Waals surface area (Å²) in [4.78, 5) is 42.9. The number of phosphoric acid groups is 1. The minimum Gasteiger partial charge on any atom is -0.462 e. The van der Waals surface area contributed by atoms with E-state index >= 15 is 0 Å². The average molecular weight is 785 g/mol. The van der Waals surface area contributed by atoms with Crippen molar-refractivity contribution in [2.45, 2.75) is 238 Å². The van der Waals surface area contributed by atoms with Gasteiger partial charge in [0, 0.05) is 12.8 Å². The topological polar surface area (TPSA) is 119 Å². The van der Waals surface area contributed by atoms with Crippen molar-refractivity contribution in [1.29, 1.82) is 0 Å². The van der Waals surface area contributed by atoms with Gasteiger partial charge in [-0.3, -0.25) is 14.1 Å². The first kappa shape index (κ1) is 52.5. The SMILES string of the molecule is CCCCC/C=C\C/C=C\CCCCCCCCCCCC(=O)OC[C@H](COP(=O)(O)O)OC(=O)CCCCCCCCCCCCCCCCCCC. The van der Waals surface area contributed by atoms with Gasteiger partial charge in [0.1, 0.15) is 6.61 Å². The zero-order chi connectivity index (χ0) is 39.6. The molecule has 0 saturated carbocycles. The first-order valence-electron chi connectivity index (χ1n) is 22.6. The largest absolute Gasteiger partial charge is 0.469 e. The molecule has 0 aliphatic heterocycles. The average Bonchev–Trinajstić information content (AvgIpc) is 3.14. The lowest BCUT2D eigenvalue weighted by molar-refractivity contribution is -0.161. The van der Waals surface area contributed by atoms with Crippen LogP contribution in [0, 0.1) is 0 Å². The molecule has 0 heterocycles. The van der Waals surface area contributed by atoms with Crippen LogP contribution in [-0.2, 0) is 28.2 Å². The van der Waals surface area contributed by atoms with Crippen molar-refractivity contribution in [2.24, 2.45) is 0 Å². The van der Waals surface area contributed by atoms with Crippen LogP contribution in [0.4, 0.5) is 0 Å². The van der Waals surface area contributed by atoms with Crippen LogP contribution in [0.25, 0.3) is 0 Å². The minimum atomic E-state index is -4.75. The van der Waals surface area contributed by atoms with Gasteiger partial charge in [0.25, 0.3) is 0 Å². The Balaban J connectivity index is 3.85. The van der Waals surface area contributed by atoms with Gasteiger partial charge >= 0.3 is 19.8 Å². The fourth-order valence-corrected chi connectivity index (χ4v) is 6.94. The Morgan fingerprint density at radius 1 is 0.481 bits per heavy atom. The normalized spacial score (nSPS) is 12.6. The van der Waals surface area contributed by atoms with E-state index in [-0.39, 0.29) is 19.4 Å². The van der Waals surface area contributed by atoms with Gasteiger partial charge in [0.05, 0.1) is 6.61 Å². The first-order valence-corrected chi connectivity index (χ1v) is 24.2. The highest BCUT2D eigenvalue weighted by Gasteiger charge is 2.23. The van der Waals surface area contributed by atoms with E-state index in [0.29, 0.717) is 6.42 Å². The molecule has 0 fully saturated rings. The number of hydrogen-bond acceptors (Lipinski definition) is 6. The third-order valence-corrected chi connectivity index (χ3v) is 10.5. The zero-order valence-electron chi connectivity index (χ0n) is 35.1. The van der Waals surface area contributed by atoms with Crippen molar-refractivity contribution >= 4 is 19.8 Å². The maximum atomic E-state index is 12.4. The molecule has 0 amide bonds. The molecule has 0 saturated heterocycles. The number of esters is 2.